The molecule has 0 spiro atoms. The summed E-state index contributed by atoms with van der Waals surface area (Å²) >= 11 is 0. The van der Waals surface area contributed by atoms with Crippen LogP contribution in [0, 0.1) is 0 Å². The van der Waals surface area contributed by atoms with Gasteiger partial charge in [0.1, 0.15) is 0 Å². The summed E-state index contributed by atoms with van der Waals surface area (Å²) in [6.45, 7) is 5.25. The maximum atomic E-state index is 12.3. The Morgan fingerprint density at radius 3 is 2.48 bits per heavy atom. The number of nitrogens with zero attached hydrogens (tertiary/aromatic N) is 2. The molecule has 1 aliphatic carbocycles. The number of furan rings is 1. The van der Waals surface area contributed by atoms with Crippen molar-refractivity contribution in [2.24, 2.45) is 5.73 Å². The molecule has 0 amide bonds. The van der Waals surface area contributed by atoms with Crippen LogP contribution in [0.3, 0.4) is 0 Å². The van der Waals surface area contributed by atoms with Gasteiger partial charge in [-0.25, -0.2) is 13.1 Å². The van der Waals surface area contributed by atoms with Gasteiger partial charge in [0.15, 0.2) is 11.6 Å². The standard InChI is InChI=1S/C15H22N4O4S.ClH/c1-14(2,3)19-24(20,21)11-7-6-10(22-11)12-17-13(18-23-12)15(16)8-4-5-9-15;/h6-7,19H,4-5,8-9,16H2,1-3H3;1H. The second kappa shape index (κ2) is 6.71. The normalized spacial score (nSPS) is 17.4. The molecule has 0 atom stereocenters. The Hall–Kier alpha value is -1.42. The summed E-state index contributed by atoms with van der Waals surface area (Å²) in [5.74, 6) is 0.757. The molecule has 2 aromatic rings. The molecule has 10 heteroatoms. The van der Waals surface area contributed by atoms with Gasteiger partial charge in [0.05, 0.1) is 5.54 Å². The minimum absolute atomic E-state index is 0. The average molecular weight is 391 g/mol. The maximum Gasteiger partial charge on any atom is 0.293 e. The van der Waals surface area contributed by atoms with E-state index in [0.717, 1.165) is 25.7 Å². The molecule has 0 unspecified atom stereocenters. The second-order valence-corrected chi connectivity index (χ2v) is 8.87. The van der Waals surface area contributed by atoms with Crippen molar-refractivity contribution in [1.29, 1.82) is 0 Å². The Morgan fingerprint density at radius 2 is 1.88 bits per heavy atom. The summed E-state index contributed by atoms with van der Waals surface area (Å²) in [5, 5.41) is 3.74. The van der Waals surface area contributed by atoms with Crippen LogP contribution in [0.1, 0.15) is 52.3 Å². The quantitative estimate of drug-likeness (QED) is 0.821. The van der Waals surface area contributed by atoms with Gasteiger partial charge >= 0.3 is 0 Å². The first kappa shape index (κ1) is 19.9. The van der Waals surface area contributed by atoms with Crippen LogP contribution in [0.25, 0.3) is 11.7 Å². The first-order chi connectivity index (χ1) is 11.1. The van der Waals surface area contributed by atoms with Crippen LogP contribution in [0.2, 0.25) is 0 Å². The molecule has 1 aliphatic rings. The van der Waals surface area contributed by atoms with Crippen LogP contribution in [0.5, 0.6) is 0 Å². The van der Waals surface area contributed by atoms with E-state index < -0.39 is 21.1 Å². The van der Waals surface area contributed by atoms with Crippen LogP contribution < -0.4 is 10.5 Å². The molecule has 2 heterocycles. The first-order valence-corrected chi connectivity index (χ1v) is 9.35. The van der Waals surface area contributed by atoms with Crippen molar-refractivity contribution in [3.8, 4) is 11.7 Å². The molecule has 1 saturated carbocycles. The highest BCUT2D eigenvalue weighted by molar-refractivity contribution is 7.89. The fraction of sp³-hybridized carbons (Fsp3) is 0.600. The molecule has 8 nitrogen and oxygen atoms in total. The average Bonchev–Trinajstić information content (AvgIpc) is 3.16. The molecule has 25 heavy (non-hydrogen) atoms. The lowest BCUT2D eigenvalue weighted by molar-refractivity contribution is 0.363. The fourth-order valence-corrected chi connectivity index (χ4v) is 4.14. The van der Waals surface area contributed by atoms with Gasteiger partial charge in [-0.05, 0) is 45.7 Å². The van der Waals surface area contributed by atoms with Crippen molar-refractivity contribution in [3.63, 3.8) is 0 Å². The molecule has 2 aromatic heterocycles. The Morgan fingerprint density at radius 1 is 1.24 bits per heavy atom. The Balaban J connectivity index is 0.00000225. The zero-order valence-electron chi connectivity index (χ0n) is 14.4. The number of aromatic nitrogens is 2. The Kier molecular flexibility index (Phi) is 5.34. The van der Waals surface area contributed by atoms with Crippen molar-refractivity contribution in [3.05, 3.63) is 18.0 Å². The lowest BCUT2D eigenvalue weighted by Crippen LogP contribution is -2.40. The van der Waals surface area contributed by atoms with Gasteiger partial charge in [0.25, 0.3) is 15.9 Å². The fourth-order valence-electron chi connectivity index (χ4n) is 2.79. The summed E-state index contributed by atoms with van der Waals surface area (Å²) in [6.07, 6.45) is 3.67. The Labute approximate surface area is 153 Å². The van der Waals surface area contributed by atoms with Gasteiger partial charge in [-0.15, -0.1) is 12.4 Å². The zero-order chi connectivity index (χ0) is 17.6. The molecule has 3 N–H and O–H groups in total. The summed E-state index contributed by atoms with van der Waals surface area (Å²) in [5.41, 5.74) is 5.11. The first-order valence-electron chi connectivity index (χ1n) is 7.86. The van der Waals surface area contributed by atoms with Crippen LogP contribution >= 0.6 is 12.4 Å². The molecule has 3 rings (SSSR count). The van der Waals surface area contributed by atoms with E-state index in [1.165, 1.54) is 12.1 Å². The topological polar surface area (TPSA) is 124 Å². The summed E-state index contributed by atoms with van der Waals surface area (Å²) in [7, 11) is -3.76. The number of hydrogen-bond donors (Lipinski definition) is 2. The van der Waals surface area contributed by atoms with Crippen LogP contribution in [0.15, 0.2) is 26.2 Å². The third-order valence-electron chi connectivity index (χ3n) is 3.86. The third kappa shape index (κ3) is 4.22. The largest absolute Gasteiger partial charge is 0.438 e. The van der Waals surface area contributed by atoms with Crippen LogP contribution in [0.4, 0.5) is 0 Å². The van der Waals surface area contributed by atoms with E-state index >= 15 is 0 Å². The van der Waals surface area contributed by atoms with E-state index in [4.69, 9.17) is 14.7 Å². The number of halogens is 1. The van der Waals surface area contributed by atoms with Crippen molar-refractivity contribution >= 4 is 22.4 Å². The number of sulfonamides is 1. The molecule has 1 fully saturated rings. The predicted octanol–water partition coefficient (Wildman–Crippen LogP) is 2.56. The number of nitrogens with one attached hydrogen (secondary N) is 1. The molecule has 0 aliphatic heterocycles. The maximum absolute atomic E-state index is 12.3. The van der Waals surface area contributed by atoms with Crippen molar-refractivity contribution in [1.82, 2.24) is 14.9 Å². The number of hydrogen-bond acceptors (Lipinski definition) is 7. The SMILES string of the molecule is CC(C)(C)NS(=O)(=O)c1ccc(-c2nc(C3(N)CCCC3)no2)o1.Cl. The van der Waals surface area contributed by atoms with Crippen LogP contribution in [-0.4, -0.2) is 24.1 Å². The zero-order valence-corrected chi connectivity index (χ0v) is 16.0. The molecule has 0 bridgehead atoms. The van der Waals surface area contributed by atoms with E-state index in [1.54, 1.807) is 20.8 Å². The lowest BCUT2D eigenvalue weighted by atomic mass is 9.99. The monoisotopic (exact) mass is 390 g/mol. The number of nitrogens with two attached hydrogens (primary N) is 1. The highest BCUT2D eigenvalue weighted by Crippen LogP contribution is 2.35. The van der Waals surface area contributed by atoms with E-state index in [-0.39, 0.29) is 29.2 Å². The van der Waals surface area contributed by atoms with Gasteiger partial charge in [0.2, 0.25) is 5.09 Å². The summed E-state index contributed by atoms with van der Waals surface area (Å²) in [6, 6.07) is 2.85. The van der Waals surface area contributed by atoms with Crippen molar-refractivity contribution in [2.75, 3.05) is 0 Å². The molecule has 0 radical (unpaired) electrons. The predicted molar refractivity (Wildman–Crippen MR) is 93.7 cm³/mol. The van der Waals surface area contributed by atoms with Gasteiger partial charge < -0.3 is 14.7 Å². The van der Waals surface area contributed by atoms with E-state index in [1.807, 2.05) is 0 Å². The Bertz CT molecular complexity index is 832. The molecule has 0 aromatic carbocycles. The molecular formula is C15H23ClN4O4S. The minimum atomic E-state index is -3.76. The lowest BCUT2D eigenvalue weighted by Gasteiger charge is -2.18. The van der Waals surface area contributed by atoms with Gasteiger partial charge in [-0.3, -0.25) is 0 Å². The molecular weight excluding hydrogens is 368 g/mol. The van der Waals surface area contributed by atoms with E-state index in [2.05, 4.69) is 14.9 Å². The molecule has 140 valence electrons. The summed E-state index contributed by atoms with van der Waals surface area (Å²) in [4.78, 5) is 4.29. The van der Waals surface area contributed by atoms with Gasteiger partial charge in [-0.2, -0.15) is 4.98 Å². The van der Waals surface area contributed by atoms with E-state index in [0.29, 0.717) is 5.82 Å². The van der Waals surface area contributed by atoms with Crippen molar-refractivity contribution in [2.45, 2.75) is 62.6 Å². The smallest absolute Gasteiger partial charge is 0.293 e. The number of rotatable bonds is 4. The highest BCUT2D eigenvalue weighted by Gasteiger charge is 2.36. The second-order valence-electron chi connectivity index (χ2n) is 7.26. The third-order valence-corrected chi connectivity index (χ3v) is 5.49. The minimum Gasteiger partial charge on any atom is -0.438 e. The van der Waals surface area contributed by atoms with Gasteiger partial charge in [-0.1, -0.05) is 18.0 Å². The van der Waals surface area contributed by atoms with Crippen LogP contribution in [-0.2, 0) is 15.6 Å². The highest BCUT2D eigenvalue weighted by atomic mass is 35.5. The van der Waals surface area contributed by atoms with Gasteiger partial charge in [0, 0.05) is 5.54 Å². The molecule has 0 saturated heterocycles. The van der Waals surface area contributed by atoms with E-state index in [9.17, 15) is 8.42 Å². The van der Waals surface area contributed by atoms with Crippen molar-refractivity contribution < 1.29 is 17.4 Å². The summed E-state index contributed by atoms with van der Waals surface area (Å²) < 4.78 is 37.7.